The van der Waals surface area contributed by atoms with Crippen molar-refractivity contribution in [2.75, 3.05) is 0 Å². The number of hydrogen-bond donors (Lipinski definition) is 1. The van der Waals surface area contributed by atoms with E-state index in [2.05, 4.69) is 28.0 Å². The third-order valence-corrected chi connectivity index (χ3v) is 4.46. The number of rotatable bonds is 2. The van der Waals surface area contributed by atoms with Crippen LogP contribution in [0.2, 0.25) is 10.0 Å². The van der Waals surface area contributed by atoms with E-state index in [-0.39, 0.29) is 11.5 Å². The van der Waals surface area contributed by atoms with Crippen LogP contribution in [0.5, 0.6) is 0 Å². The number of nitrogens with one attached hydrogen (secondary N) is 1. The van der Waals surface area contributed by atoms with Gasteiger partial charge < -0.3 is 0 Å². The van der Waals surface area contributed by atoms with Crippen LogP contribution in [0.1, 0.15) is 41.5 Å². The van der Waals surface area contributed by atoms with Crippen molar-refractivity contribution in [3.05, 3.63) is 67.2 Å². The Balaban J connectivity index is 2.30. The van der Waals surface area contributed by atoms with Gasteiger partial charge in [0.1, 0.15) is 0 Å². The zero-order valence-electron chi connectivity index (χ0n) is 13.9. The lowest BCUT2D eigenvalue weighted by Gasteiger charge is -2.35. The smallest absolute Gasteiger partial charge is 0.267 e. The summed E-state index contributed by atoms with van der Waals surface area (Å²) < 4.78 is 1.02. The molecule has 0 saturated heterocycles. The first kappa shape index (κ1) is 20.0. The van der Waals surface area contributed by atoms with E-state index in [1.54, 1.807) is 12.1 Å². The molecule has 2 amide bonds. The van der Waals surface area contributed by atoms with Gasteiger partial charge in [-0.3, -0.25) is 15.0 Å². The van der Waals surface area contributed by atoms with Gasteiger partial charge in [-0.05, 0) is 85.8 Å². The highest BCUT2D eigenvalue weighted by Crippen LogP contribution is 2.21. The fourth-order valence-electron chi connectivity index (χ4n) is 2.10. The lowest BCUT2D eigenvalue weighted by molar-refractivity contribution is 0.0358. The Morgan fingerprint density at radius 1 is 0.960 bits per heavy atom. The van der Waals surface area contributed by atoms with E-state index in [1.807, 2.05) is 32.9 Å². The summed E-state index contributed by atoms with van der Waals surface area (Å²) in [5.74, 6) is -0.761. The predicted octanol–water partition coefficient (Wildman–Crippen LogP) is 5.18. The van der Waals surface area contributed by atoms with Gasteiger partial charge in [-0.2, -0.15) is 0 Å². The van der Waals surface area contributed by atoms with E-state index in [9.17, 15) is 9.59 Å². The minimum absolute atomic E-state index is 0.280. The lowest BCUT2D eigenvalue weighted by atomic mass is 10.1. The monoisotopic (exact) mass is 490 g/mol. The molecule has 1 N–H and O–H groups in total. The molecule has 0 atom stereocenters. The van der Waals surface area contributed by atoms with Crippen molar-refractivity contribution in [2.45, 2.75) is 26.3 Å². The fraction of sp³-hybridized carbons (Fsp3) is 0.222. The Hall–Kier alpha value is -1.31. The van der Waals surface area contributed by atoms with Crippen molar-refractivity contribution in [1.29, 1.82) is 0 Å². The highest BCUT2D eigenvalue weighted by atomic mass is 127. The van der Waals surface area contributed by atoms with E-state index in [0.29, 0.717) is 15.6 Å². The van der Waals surface area contributed by atoms with Crippen molar-refractivity contribution in [3.8, 4) is 0 Å². The molecule has 2 rings (SSSR count). The first-order valence-corrected chi connectivity index (χ1v) is 9.28. The molecular weight excluding hydrogens is 474 g/mol. The molecule has 132 valence electrons. The molecule has 0 heterocycles. The number of hydrogen-bond acceptors (Lipinski definition) is 2. The Morgan fingerprint density at radius 2 is 1.48 bits per heavy atom. The molecule has 0 aliphatic carbocycles. The summed E-state index contributed by atoms with van der Waals surface area (Å²) in [6.45, 7) is 5.51. The number of halogens is 3. The molecular formula is C18H17Cl2IN2O2. The van der Waals surface area contributed by atoms with E-state index >= 15 is 0 Å². The Morgan fingerprint density at radius 3 is 1.96 bits per heavy atom. The number of hydrazine groups is 1. The summed E-state index contributed by atoms with van der Waals surface area (Å²) in [4.78, 5) is 25.4. The van der Waals surface area contributed by atoms with Gasteiger partial charge in [0.2, 0.25) is 0 Å². The van der Waals surface area contributed by atoms with Crippen LogP contribution in [-0.2, 0) is 0 Å². The van der Waals surface area contributed by atoms with E-state index in [0.717, 1.165) is 3.57 Å². The van der Waals surface area contributed by atoms with E-state index in [4.69, 9.17) is 23.2 Å². The van der Waals surface area contributed by atoms with Crippen molar-refractivity contribution in [1.82, 2.24) is 10.4 Å². The minimum Gasteiger partial charge on any atom is -0.267 e. The van der Waals surface area contributed by atoms with Gasteiger partial charge in [0.25, 0.3) is 11.8 Å². The van der Waals surface area contributed by atoms with Crippen LogP contribution in [0.4, 0.5) is 0 Å². The minimum atomic E-state index is -0.627. The number of nitrogens with zero attached hydrogens (tertiary/aromatic N) is 1. The molecule has 0 bridgehead atoms. The number of carbonyl (C=O) groups is 2. The molecule has 0 spiro atoms. The Bertz CT molecular complexity index is 781. The van der Waals surface area contributed by atoms with Gasteiger partial charge in [0.15, 0.2) is 0 Å². The average molecular weight is 491 g/mol. The van der Waals surface area contributed by atoms with Crippen molar-refractivity contribution >= 4 is 57.6 Å². The quantitative estimate of drug-likeness (QED) is 0.465. The van der Waals surface area contributed by atoms with Crippen molar-refractivity contribution < 1.29 is 9.59 Å². The second-order valence-corrected chi connectivity index (χ2v) is 8.54. The SMILES string of the molecule is CC(C)(C)N(NC(=O)c1cc(Cl)cc(Cl)c1)C(=O)c1ccc(I)cc1. The van der Waals surface area contributed by atoms with Gasteiger partial charge in [-0.1, -0.05) is 23.2 Å². The van der Waals surface area contributed by atoms with Gasteiger partial charge in [0, 0.05) is 24.7 Å². The van der Waals surface area contributed by atoms with Crippen LogP contribution in [0, 0.1) is 3.57 Å². The molecule has 0 unspecified atom stereocenters. The predicted molar refractivity (Wildman–Crippen MR) is 109 cm³/mol. The molecule has 2 aromatic rings. The first-order valence-electron chi connectivity index (χ1n) is 7.45. The van der Waals surface area contributed by atoms with Crippen LogP contribution >= 0.6 is 45.8 Å². The molecule has 4 nitrogen and oxygen atoms in total. The maximum absolute atomic E-state index is 12.9. The molecule has 0 fully saturated rings. The van der Waals surface area contributed by atoms with Crippen LogP contribution in [0.25, 0.3) is 0 Å². The fourth-order valence-corrected chi connectivity index (χ4v) is 2.98. The van der Waals surface area contributed by atoms with Gasteiger partial charge in [-0.25, -0.2) is 5.01 Å². The van der Waals surface area contributed by atoms with Crippen LogP contribution in [0.15, 0.2) is 42.5 Å². The number of amides is 2. The topological polar surface area (TPSA) is 49.4 Å². The highest BCUT2D eigenvalue weighted by molar-refractivity contribution is 14.1. The summed E-state index contributed by atoms with van der Waals surface area (Å²) in [6.07, 6.45) is 0. The molecule has 0 aliphatic rings. The third kappa shape index (κ3) is 5.33. The Labute approximate surface area is 170 Å². The molecule has 25 heavy (non-hydrogen) atoms. The normalized spacial score (nSPS) is 11.1. The first-order chi connectivity index (χ1) is 11.6. The lowest BCUT2D eigenvalue weighted by Crippen LogP contribution is -2.55. The Kier molecular flexibility index (Phi) is 6.35. The largest absolute Gasteiger partial charge is 0.272 e. The zero-order chi connectivity index (χ0) is 18.8. The summed E-state index contributed by atoms with van der Waals surface area (Å²) in [5.41, 5.74) is 2.81. The highest BCUT2D eigenvalue weighted by Gasteiger charge is 2.29. The van der Waals surface area contributed by atoms with Crippen molar-refractivity contribution in [3.63, 3.8) is 0 Å². The molecule has 0 radical (unpaired) electrons. The number of carbonyl (C=O) groups excluding carboxylic acids is 2. The summed E-state index contributed by atoms with van der Waals surface area (Å²) in [6, 6.07) is 11.7. The molecule has 7 heteroatoms. The molecule has 2 aromatic carbocycles. The van der Waals surface area contributed by atoms with Crippen LogP contribution < -0.4 is 5.43 Å². The molecule has 0 aromatic heterocycles. The van der Waals surface area contributed by atoms with Crippen LogP contribution in [0.3, 0.4) is 0 Å². The van der Waals surface area contributed by atoms with Crippen molar-refractivity contribution in [2.24, 2.45) is 0 Å². The second-order valence-electron chi connectivity index (χ2n) is 6.42. The number of benzene rings is 2. The van der Waals surface area contributed by atoms with Gasteiger partial charge >= 0.3 is 0 Å². The van der Waals surface area contributed by atoms with Gasteiger partial charge in [-0.15, -0.1) is 0 Å². The summed E-state index contributed by atoms with van der Waals surface area (Å²) >= 11 is 14.1. The summed E-state index contributed by atoms with van der Waals surface area (Å²) in [5, 5.41) is 2.01. The molecule has 0 saturated carbocycles. The maximum Gasteiger partial charge on any atom is 0.272 e. The average Bonchev–Trinajstić information content (AvgIpc) is 2.50. The maximum atomic E-state index is 12.9. The van der Waals surface area contributed by atoms with E-state index < -0.39 is 11.4 Å². The third-order valence-electron chi connectivity index (χ3n) is 3.30. The standard InChI is InChI=1S/C18H17Cl2IN2O2/c1-18(2,3)23(17(25)11-4-6-15(21)7-5-11)22-16(24)12-8-13(19)10-14(20)9-12/h4-10H,1-3H3,(H,22,24). The summed E-state index contributed by atoms with van der Waals surface area (Å²) in [7, 11) is 0. The van der Waals surface area contributed by atoms with E-state index in [1.165, 1.54) is 23.2 Å². The second kappa shape index (κ2) is 7.93. The molecule has 0 aliphatic heterocycles. The zero-order valence-corrected chi connectivity index (χ0v) is 17.6. The van der Waals surface area contributed by atoms with Gasteiger partial charge in [0.05, 0.1) is 5.54 Å². The van der Waals surface area contributed by atoms with Crippen LogP contribution in [-0.4, -0.2) is 22.4 Å².